The van der Waals surface area contributed by atoms with Crippen molar-refractivity contribution in [3.05, 3.63) is 36.1 Å². The van der Waals surface area contributed by atoms with Crippen LogP contribution in [-0.4, -0.2) is 17.9 Å². The molecule has 0 aromatic carbocycles. The van der Waals surface area contributed by atoms with Crippen LogP contribution < -0.4 is 0 Å². The summed E-state index contributed by atoms with van der Waals surface area (Å²) in [7, 11) is 0. The zero-order valence-corrected chi connectivity index (χ0v) is 9.19. The molecule has 0 saturated heterocycles. The van der Waals surface area contributed by atoms with Gasteiger partial charge in [0.15, 0.2) is 0 Å². The van der Waals surface area contributed by atoms with E-state index in [2.05, 4.69) is 16.1 Å². The monoisotopic (exact) mass is 244 g/mol. The molecule has 0 unspecified atom stereocenters. The Morgan fingerprint density at radius 1 is 1.12 bits per heavy atom. The lowest BCUT2D eigenvalue weighted by molar-refractivity contribution is -0.154. The molecule has 0 radical (unpaired) electrons. The summed E-state index contributed by atoms with van der Waals surface area (Å²) in [6.45, 7) is 4.38. The fourth-order valence-electron chi connectivity index (χ4n) is 0.526. The Hall–Kier alpha value is -1.88. The minimum Gasteiger partial charge on any atom is -0.431 e. The van der Waals surface area contributed by atoms with Gasteiger partial charge >= 0.3 is 17.9 Å². The van der Waals surface area contributed by atoms with Gasteiger partial charge in [0.25, 0.3) is 0 Å². The maximum absolute atomic E-state index is 10.9. The second kappa shape index (κ2) is 7.42. The second-order valence-corrected chi connectivity index (χ2v) is 2.92. The van der Waals surface area contributed by atoms with Crippen LogP contribution in [0.4, 0.5) is 0 Å². The van der Waals surface area contributed by atoms with Gasteiger partial charge in [0, 0.05) is 24.1 Å². The smallest absolute Gasteiger partial charge is 0.338 e. The number of esters is 3. The second-order valence-electron chi connectivity index (χ2n) is 2.43. The van der Waals surface area contributed by atoms with E-state index in [1.807, 2.05) is 0 Å². The number of hydrogen-bond donors (Lipinski definition) is 0. The van der Waals surface area contributed by atoms with Crippen molar-refractivity contribution in [1.29, 1.82) is 0 Å². The van der Waals surface area contributed by atoms with E-state index < -0.39 is 17.9 Å². The number of carbonyl (C=O) groups excluding carboxylic acids is 3. The first-order valence-electron chi connectivity index (χ1n) is 4.04. The predicted molar refractivity (Wildman–Crippen MR) is 56.1 cm³/mol. The van der Waals surface area contributed by atoms with Gasteiger partial charge in [0.05, 0.1) is 6.26 Å². The van der Waals surface area contributed by atoms with Gasteiger partial charge in [0.1, 0.15) is 0 Å². The van der Waals surface area contributed by atoms with Crippen LogP contribution in [0.5, 0.6) is 0 Å². The summed E-state index contributed by atoms with van der Waals surface area (Å²) in [6.07, 6.45) is 3.85. The summed E-state index contributed by atoms with van der Waals surface area (Å²) in [5.41, 5.74) is 0. The van der Waals surface area contributed by atoms with Crippen LogP contribution in [0, 0.1) is 0 Å². The molecule has 86 valence electrons. The number of ether oxygens (including phenoxy) is 2. The number of allylic oxidation sites excluding steroid dienone is 2. The van der Waals surface area contributed by atoms with Gasteiger partial charge in [-0.25, -0.2) is 9.59 Å². The van der Waals surface area contributed by atoms with Crippen LogP contribution in [0.2, 0.25) is 0 Å². The Morgan fingerprint density at radius 3 is 2.19 bits per heavy atom. The van der Waals surface area contributed by atoms with E-state index in [4.69, 9.17) is 11.6 Å². The minimum absolute atomic E-state index is 0.188. The average Bonchev–Trinajstić information content (AvgIpc) is 2.13. The molecule has 0 bridgehead atoms. The molecule has 0 aromatic heterocycles. The van der Waals surface area contributed by atoms with Crippen LogP contribution in [0.15, 0.2) is 36.1 Å². The summed E-state index contributed by atoms with van der Waals surface area (Å²) in [5.74, 6) is -2.52. The fourth-order valence-corrected chi connectivity index (χ4v) is 0.577. The highest BCUT2D eigenvalue weighted by molar-refractivity contribution is 6.30. The van der Waals surface area contributed by atoms with Crippen LogP contribution in [0.3, 0.4) is 0 Å². The molecule has 0 aliphatic heterocycles. The molecule has 0 N–H and O–H groups in total. The molecule has 5 nitrogen and oxygen atoms in total. The number of hydrogen-bond acceptors (Lipinski definition) is 5. The van der Waals surface area contributed by atoms with E-state index >= 15 is 0 Å². The van der Waals surface area contributed by atoms with Crippen LogP contribution in [-0.2, 0) is 23.9 Å². The molecule has 0 aromatic rings. The number of carbonyl (C=O) groups is 3. The van der Waals surface area contributed by atoms with Crippen molar-refractivity contribution in [1.82, 2.24) is 0 Å². The normalized spacial score (nSPS) is 10.4. The van der Waals surface area contributed by atoms with Gasteiger partial charge in [-0.15, -0.1) is 0 Å². The van der Waals surface area contributed by atoms with Crippen molar-refractivity contribution in [3.8, 4) is 0 Å². The molecule has 0 heterocycles. The highest BCUT2D eigenvalue weighted by Crippen LogP contribution is 1.98. The highest BCUT2D eigenvalue weighted by atomic mass is 35.5. The molecule has 0 spiro atoms. The van der Waals surface area contributed by atoms with Crippen LogP contribution in [0.25, 0.3) is 0 Å². The van der Waals surface area contributed by atoms with Crippen molar-refractivity contribution in [3.63, 3.8) is 0 Å². The Bertz CT molecular complexity index is 367. The summed E-state index contributed by atoms with van der Waals surface area (Å²) in [5, 5.41) is 0.188. The Labute approximate surface area is 97.0 Å². The molecule has 0 aliphatic rings. The number of rotatable bonds is 4. The van der Waals surface area contributed by atoms with E-state index in [0.29, 0.717) is 0 Å². The molecule has 0 amide bonds. The first-order chi connectivity index (χ1) is 7.41. The highest BCUT2D eigenvalue weighted by Gasteiger charge is 2.02. The van der Waals surface area contributed by atoms with E-state index in [9.17, 15) is 14.4 Å². The summed E-state index contributed by atoms with van der Waals surface area (Å²) >= 11 is 5.34. The maximum Gasteiger partial charge on any atom is 0.338 e. The van der Waals surface area contributed by atoms with Gasteiger partial charge in [0.2, 0.25) is 0 Å². The van der Waals surface area contributed by atoms with E-state index in [0.717, 1.165) is 25.3 Å². The lowest BCUT2D eigenvalue weighted by Gasteiger charge is -1.93. The third kappa shape index (κ3) is 8.71. The summed E-state index contributed by atoms with van der Waals surface area (Å²) in [6, 6.07) is 0. The predicted octanol–water partition coefficient (Wildman–Crippen LogP) is 1.44. The standard InChI is InChI=1S/C10H9ClO5/c1-7(11)5-6-15-9(13)3-4-10(14)16-8(2)12/h3-6H,1H2,2H3/b4-3-,6-5?. The molecule has 0 rings (SSSR count). The zero-order valence-electron chi connectivity index (χ0n) is 8.44. The maximum atomic E-state index is 10.9. The third-order valence-electron chi connectivity index (χ3n) is 1.03. The third-order valence-corrected chi connectivity index (χ3v) is 1.16. The van der Waals surface area contributed by atoms with E-state index in [1.54, 1.807) is 0 Å². The van der Waals surface area contributed by atoms with Gasteiger partial charge < -0.3 is 9.47 Å². The first-order valence-corrected chi connectivity index (χ1v) is 4.41. The Balaban J connectivity index is 4.04. The lowest BCUT2D eigenvalue weighted by atomic mass is 10.5. The largest absolute Gasteiger partial charge is 0.431 e. The van der Waals surface area contributed by atoms with Gasteiger partial charge in [-0.2, -0.15) is 0 Å². The lowest BCUT2D eigenvalue weighted by Crippen LogP contribution is -2.06. The topological polar surface area (TPSA) is 69.7 Å². The Kier molecular flexibility index (Phi) is 6.55. The van der Waals surface area contributed by atoms with Gasteiger partial charge in [-0.3, -0.25) is 4.79 Å². The summed E-state index contributed by atoms with van der Waals surface area (Å²) < 4.78 is 8.58. The minimum atomic E-state index is -0.949. The first kappa shape index (κ1) is 14.1. The van der Waals surface area contributed by atoms with Crippen molar-refractivity contribution in [2.75, 3.05) is 0 Å². The van der Waals surface area contributed by atoms with Crippen molar-refractivity contribution in [2.24, 2.45) is 0 Å². The number of halogens is 1. The van der Waals surface area contributed by atoms with Crippen LogP contribution >= 0.6 is 11.6 Å². The molecule has 0 saturated carbocycles. The van der Waals surface area contributed by atoms with Crippen molar-refractivity contribution in [2.45, 2.75) is 6.92 Å². The Morgan fingerprint density at radius 2 is 1.69 bits per heavy atom. The van der Waals surface area contributed by atoms with Gasteiger partial charge in [-0.1, -0.05) is 18.2 Å². The van der Waals surface area contributed by atoms with Gasteiger partial charge in [-0.05, 0) is 6.08 Å². The fraction of sp³-hybridized carbons (Fsp3) is 0.100. The molecule has 6 heteroatoms. The SMILES string of the molecule is C=C(Cl)C=COC(=O)/C=C\C(=O)OC(C)=O. The molecular weight excluding hydrogens is 236 g/mol. The summed E-state index contributed by atoms with van der Waals surface area (Å²) in [4.78, 5) is 32.0. The molecule has 16 heavy (non-hydrogen) atoms. The van der Waals surface area contributed by atoms with E-state index in [1.165, 1.54) is 6.08 Å². The molecular formula is C10H9ClO5. The van der Waals surface area contributed by atoms with E-state index in [-0.39, 0.29) is 5.03 Å². The quantitative estimate of drug-likeness (QED) is 0.246. The molecule has 0 aliphatic carbocycles. The average molecular weight is 245 g/mol. The molecule has 0 atom stereocenters. The van der Waals surface area contributed by atoms with Crippen LogP contribution in [0.1, 0.15) is 6.92 Å². The zero-order chi connectivity index (χ0) is 12.6. The van der Waals surface area contributed by atoms with Crippen molar-refractivity contribution < 1.29 is 23.9 Å². The molecule has 0 fully saturated rings. The van der Waals surface area contributed by atoms with Crippen molar-refractivity contribution >= 4 is 29.5 Å².